The summed E-state index contributed by atoms with van der Waals surface area (Å²) in [6, 6.07) is 0.209. The summed E-state index contributed by atoms with van der Waals surface area (Å²) < 4.78 is 0. The molecule has 4 heteroatoms. The average molecular weight is 211 g/mol. The van der Waals surface area contributed by atoms with Crippen LogP contribution in [0.25, 0.3) is 0 Å². The number of rotatable bonds is 4. The first kappa shape index (κ1) is 10.9. The Balaban J connectivity index is 1.80. The molecule has 0 bridgehead atoms. The van der Waals surface area contributed by atoms with E-state index in [0.29, 0.717) is 12.5 Å². The van der Waals surface area contributed by atoms with Crippen molar-refractivity contribution < 1.29 is 4.79 Å². The number of hydrogen-bond donors (Lipinski definition) is 3. The molecular formula is C11H21N3O. The van der Waals surface area contributed by atoms with Crippen LogP contribution in [-0.2, 0) is 4.79 Å². The van der Waals surface area contributed by atoms with Gasteiger partial charge in [-0.1, -0.05) is 12.8 Å². The summed E-state index contributed by atoms with van der Waals surface area (Å²) in [5.74, 6) is 0.989. The first-order valence-electron chi connectivity index (χ1n) is 6.02. The van der Waals surface area contributed by atoms with Gasteiger partial charge in [0.25, 0.3) is 0 Å². The molecule has 1 unspecified atom stereocenters. The van der Waals surface area contributed by atoms with Crippen molar-refractivity contribution in [3.05, 3.63) is 0 Å². The van der Waals surface area contributed by atoms with E-state index >= 15 is 0 Å². The monoisotopic (exact) mass is 211 g/mol. The van der Waals surface area contributed by atoms with Gasteiger partial charge in [0.2, 0.25) is 5.91 Å². The van der Waals surface area contributed by atoms with Gasteiger partial charge in [-0.3, -0.25) is 4.79 Å². The quantitative estimate of drug-likeness (QED) is 0.605. The highest BCUT2D eigenvalue weighted by molar-refractivity contribution is 5.80. The van der Waals surface area contributed by atoms with Crippen LogP contribution in [0, 0.1) is 11.8 Å². The number of carbonyl (C=O) groups excluding carboxylic acids is 1. The lowest BCUT2D eigenvalue weighted by Crippen LogP contribution is -2.55. The van der Waals surface area contributed by atoms with E-state index in [9.17, 15) is 4.79 Å². The van der Waals surface area contributed by atoms with E-state index < -0.39 is 0 Å². The van der Waals surface area contributed by atoms with Crippen molar-refractivity contribution in [3.8, 4) is 0 Å². The standard InChI is InChI=1S/C11H21N3O/c12-5-10(8-3-1-2-4-8)14-11(15)9-6-13-7-9/h8-10,13H,1-7,12H2,(H,14,15). The lowest BCUT2D eigenvalue weighted by molar-refractivity contribution is -0.127. The van der Waals surface area contributed by atoms with Crippen molar-refractivity contribution in [2.45, 2.75) is 31.7 Å². The molecule has 2 aliphatic rings. The fourth-order valence-corrected chi connectivity index (χ4v) is 2.50. The lowest BCUT2D eigenvalue weighted by Gasteiger charge is -2.30. The van der Waals surface area contributed by atoms with Crippen LogP contribution in [0.2, 0.25) is 0 Å². The summed E-state index contributed by atoms with van der Waals surface area (Å²) in [6.07, 6.45) is 5.04. The van der Waals surface area contributed by atoms with Gasteiger partial charge in [0.05, 0.1) is 5.92 Å². The molecule has 1 aliphatic carbocycles. The molecule has 0 radical (unpaired) electrons. The van der Waals surface area contributed by atoms with Crippen LogP contribution >= 0.6 is 0 Å². The largest absolute Gasteiger partial charge is 0.351 e. The topological polar surface area (TPSA) is 67.1 Å². The van der Waals surface area contributed by atoms with Crippen molar-refractivity contribution in [2.24, 2.45) is 17.6 Å². The molecule has 0 aromatic rings. The van der Waals surface area contributed by atoms with Gasteiger partial charge >= 0.3 is 0 Å². The van der Waals surface area contributed by atoms with E-state index in [4.69, 9.17) is 5.73 Å². The summed E-state index contributed by atoms with van der Waals surface area (Å²) in [5, 5.41) is 6.22. The number of hydrogen-bond acceptors (Lipinski definition) is 3. The van der Waals surface area contributed by atoms with Crippen molar-refractivity contribution in [2.75, 3.05) is 19.6 Å². The Labute approximate surface area is 91.0 Å². The van der Waals surface area contributed by atoms with Crippen LogP contribution in [-0.4, -0.2) is 31.6 Å². The molecule has 4 N–H and O–H groups in total. The maximum absolute atomic E-state index is 11.7. The molecular weight excluding hydrogens is 190 g/mol. The highest BCUT2D eigenvalue weighted by atomic mass is 16.2. The predicted molar refractivity (Wildman–Crippen MR) is 59.3 cm³/mol. The predicted octanol–water partition coefficient (Wildman–Crippen LogP) is -0.161. The van der Waals surface area contributed by atoms with Gasteiger partial charge in [-0.15, -0.1) is 0 Å². The molecule has 0 aromatic carbocycles. The van der Waals surface area contributed by atoms with Crippen molar-refractivity contribution in [1.29, 1.82) is 0 Å². The molecule has 4 nitrogen and oxygen atoms in total. The summed E-state index contributed by atoms with van der Waals surface area (Å²) in [5.41, 5.74) is 5.73. The number of carbonyl (C=O) groups is 1. The Bertz CT molecular complexity index is 222. The van der Waals surface area contributed by atoms with Gasteiger partial charge in [0, 0.05) is 25.7 Å². The Hall–Kier alpha value is -0.610. The minimum Gasteiger partial charge on any atom is -0.351 e. The molecule has 0 spiro atoms. The third kappa shape index (κ3) is 2.49. The van der Waals surface area contributed by atoms with Crippen LogP contribution in [0.4, 0.5) is 0 Å². The number of amides is 1. The Morgan fingerprint density at radius 2 is 2.07 bits per heavy atom. The summed E-state index contributed by atoms with van der Waals surface area (Å²) in [6.45, 7) is 2.23. The Morgan fingerprint density at radius 3 is 2.53 bits per heavy atom. The van der Waals surface area contributed by atoms with Gasteiger partial charge in [0.15, 0.2) is 0 Å². The smallest absolute Gasteiger partial charge is 0.225 e. The molecule has 15 heavy (non-hydrogen) atoms. The van der Waals surface area contributed by atoms with Crippen LogP contribution < -0.4 is 16.4 Å². The molecule has 2 rings (SSSR count). The third-order valence-corrected chi connectivity index (χ3v) is 3.70. The van der Waals surface area contributed by atoms with Gasteiger partial charge < -0.3 is 16.4 Å². The maximum Gasteiger partial charge on any atom is 0.225 e. The fraction of sp³-hybridized carbons (Fsp3) is 0.909. The van der Waals surface area contributed by atoms with Crippen LogP contribution in [0.1, 0.15) is 25.7 Å². The molecule has 1 atom stereocenters. The zero-order valence-electron chi connectivity index (χ0n) is 9.17. The van der Waals surface area contributed by atoms with Crippen molar-refractivity contribution in [1.82, 2.24) is 10.6 Å². The first-order valence-corrected chi connectivity index (χ1v) is 6.02. The molecule has 1 heterocycles. The van der Waals surface area contributed by atoms with E-state index in [0.717, 1.165) is 13.1 Å². The Kier molecular flexibility index (Phi) is 3.59. The van der Waals surface area contributed by atoms with E-state index in [2.05, 4.69) is 10.6 Å². The second-order valence-corrected chi connectivity index (χ2v) is 4.75. The van der Waals surface area contributed by atoms with E-state index in [1.54, 1.807) is 0 Å². The molecule has 86 valence electrons. The highest BCUT2D eigenvalue weighted by Crippen LogP contribution is 2.27. The molecule has 2 fully saturated rings. The number of nitrogens with one attached hydrogen (secondary N) is 2. The third-order valence-electron chi connectivity index (χ3n) is 3.70. The van der Waals surface area contributed by atoms with Crippen molar-refractivity contribution in [3.63, 3.8) is 0 Å². The molecule has 1 saturated carbocycles. The zero-order chi connectivity index (χ0) is 10.7. The average Bonchev–Trinajstić information content (AvgIpc) is 2.63. The highest BCUT2D eigenvalue weighted by Gasteiger charge is 2.30. The van der Waals surface area contributed by atoms with Gasteiger partial charge in [-0.25, -0.2) is 0 Å². The van der Waals surface area contributed by atoms with Gasteiger partial charge in [-0.05, 0) is 18.8 Å². The summed E-state index contributed by atoms with van der Waals surface area (Å²) in [4.78, 5) is 11.7. The summed E-state index contributed by atoms with van der Waals surface area (Å²) >= 11 is 0. The fourth-order valence-electron chi connectivity index (χ4n) is 2.50. The minimum absolute atomic E-state index is 0.181. The second kappa shape index (κ2) is 4.94. The Morgan fingerprint density at radius 1 is 1.40 bits per heavy atom. The lowest BCUT2D eigenvalue weighted by atomic mass is 9.96. The van der Waals surface area contributed by atoms with Crippen LogP contribution in [0.15, 0.2) is 0 Å². The molecule has 1 aliphatic heterocycles. The van der Waals surface area contributed by atoms with Crippen LogP contribution in [0.5, 0.6) is 0 Å². The molecule has 0 aromatic heterocycles. The van der Waals surface area contributed by atoms with E-state index in [-0.39, 0.29) is 17.9 Å². The van der Waals surface area contributed by atoms with Gasteiger partial charge in [-0.2, -0.15) is 0 Å². The summed E-state index contributed by atoms with van der Waals surface area (Å²) in [7, 11) is 0. The number of nitrogens with two attached hydrogens (primary N) is 1. The van der Waals surface area contributed by atoms with E-state index in [1.165, 1.54) is 25.7 Å². The second-order valence-electron chi connectivity index (χ2n) is 4.75. The van der Waals surface area contributed by atoms with E-state index in [1.807, 2.05) is 0 Å². The zero-order valence-corrected chi connectivity index (χ0v) is 9.17. The normalized spacial score (nSPS) is 24.9. The SMILES string of the molecule is NCC(NC(=O)C1CNC1)C1CCCC1. The maximum atomic E-state index is 11.7. The molecule has 1 amide bonds. The van der Waals surface area contributed by atoms with Gasteiger partial charge in [0.1, 0.15) is 0 Å². The van der Waals surface area contributed by atoms with Crippen LogP contribution in [0.3, 0.4) is 0 Å². The first-order chi connectivity index (χ1) is 7.31. The minimum atomic E-state index is 0.181. The van der Waals surface area contributed by atoms with Crippen molar-refractivity contribution >= 4 is 5.91 Å². The molecule has 1 saturated heterocycles.